The number of aromatic nitrogens is 1. The molecule has 0 spiro atoms. The standard InChI is InChI=1S/C17H12N2O2/c1-21-17-13-6-3-7-15(20)16(13)14(10-19-17)12-5-2-4-11(8-12)9-18/h2-8,10,20H,1H3. The van der Waals surface area contributed by atoms with E-state index in [2.05, 4.69) is 11.1 Å². The number of benzene rings is 2. The Labute approximate surface area is 121 Å². The van der Waals surface area contributed by atoms with E-state index < -0.39 is 0 Å². The largest absolute Gasteiger partial charge is 0.507 e. The molecule has 4 heteroatoms. The van der Waals surface area contributed by atoms with Crippen LogP contribution >= 0.6 is 0 Å². The van der Waals surface area contributed by atoms with Crippen molar-refractivity contribution in [2.45, 2.75) is 0 Å². The van der Waals surface area contributed by atoms with Crippen LogP contribution in [0.25, 0.3) is 21.9 Å². The van der Waals surface area contributed by atoms with Gasteiger partial charge in [-0.1, -0.05) is 18.2 Å². The van der Waals surface area contributed by atoms with Crippen molar-refractivity contribution in [2.24, 2.45) is 0 Å². The summed E-state index contributed by atoms with van der Waals surface area (Å²) in [5.74, 6) is 0.617. The highest BCUT2D eigenvalue weighted by molar-refractivity contribution is 6.02. The van der Waals surface area contributed by atoms with E-state index in [1.54, 1.807) is 37.6 Å². The van der Waals surface area contributed by atoms with Crippen LogP contribution < -0.4 is 4.74 Å². The maximum Gasteiger partial charge on any atom is 0.221 e. The molecule has 102 valence electrons. The van der Waals surface area contributed by atoms with Crippen LogP contribution in [-0.4, -0.2) is 17.2 Å². The lowest BCUT2D eigenvalue weighted by molar-refractivity contribution is 0.403. The van der Waals surface area contributed by atoms with Crippen LogP contribution in [0.5, 0.6) is 11.6 Å². The van der Waals surface area contributed by atoms with Crippen molar-refractivity contribution in [3.05, 3.63) is 54.2 Å². The Hall–Kier alpha value is -3.06. The summed E-state index contributed by atoms with van der Waals surface area (Å²) in [6, 6.07) is 14.5. The third-order valence-electron chi connectivity index (χ3n) is 3.35. The Morgan fingerprint density at radius 1 is 1.19 bits per heavy atom. The molecule has 0 unspecified atom stereocenters. The molecule has 3 aromatic rings. The van der Waals surface area contributed by atoms with Gasteiger partial charge in [-0.2, -0.15) is 5.26 Å². The van der Waals surface area contributed by atoms with Crippen molar-refractivity contribution >= 4 is 10.8 Å². The van der Waals surface area contributed by atoms with Crippen LogP contribution in [0.3, 0.4) is 0 Å². The van der Waals surface area contributed by atoms with E-state index in [9.17, 15) is 5.11 Å². The van der Waals surface area contributed by atoms with Crippen molar-refractivity contribution in [3.63, 3.8) is 0 Å². The second-order valence-corrected chi connectivity index (χ2v) is 4.57. The maximum absolute atomic E-state index is 10.2. The molecule has 0 aliphatic heterocycles. The fourth-order valence-electron chi connectivity index (χ4n) is 2.40. The quantitative estimate of drug-likeness (QED) is 0.778. The molecule has 0 aliphatic carbocycles. The van der Waals surface area contributed by atoms with E-state index in [1.807, 2.05) is 18.2 Å². The normalized spacial score (nSPS) is 10.3. The Balaban J connectivity index is 2.36. The first kappa shape index (κ1) is 12.9. The third kappa shape index (κ3) is 2.15. The van der Waals surface area contributed by atoms with E-state index in [-0.39, 0.29) is 5.75 Å². The fraction of sp³-hybridized carbons (Fsp3) is 0.0588. The van der Waals surface area contributed by atoms with Crippen LogP contribution in [0, 0.1) is 11.3 Å². The Kier molecular flexibility index (Phi) is 3.17. The first-order valence-corrected chi connectivity index (χ1v) is 6.40. The van der Waals surface area contributed by atoms with Crippen LogP contribution in [-0.2, 0) is 0 Å². The molecule has 1 heterocycles. The van der Waals surface area contributed by atoms with Gasteiger partial charge in [0.1, 0.15) is 5.75 Å². The van der Waals surface area contributed by atoms with Gasteiger partial charge >= 0.3 is 0 Å². The summed E-state index contributed by atoms with van der Waals surface area (Å²) >= 11 is 0. The molecule has 0 atom stereocenters. The summed E-state index contributed by atoms with van der Waals surface area (Å²) in [6.45, 7) is 0. The number of aromatic hydroxyl groups is 1. The number of hydrogen-bond donors (Lipinski definition) is 1. The maximum atomic E-state index is 10.2. The third-order valence-corrected chi connectivity index (χ3v) is 3.35. The zero-order chi connectivity index (χ0) is 14.8. The predicted octanol–water partition coefficient (Wildman–Crippen LogP) is 3.49. The van der Waals surface area contributed by atoms with Gasteiger partial charge in [-0.25, -0.2) is 4.98 Å². The summed E-state index contributed by atoms with van der Waals surface area (Å²) in [5.41, 5.74) is 2.16. The van der Waals surface area contributed by atoms with Gasteiger partial charge in [0, 0.05) is 22.5 Å². The summed E-state index contributed by atoms with van der Waals surface area (Å²) in [4.78, 5) is 4.28. The molecule has 0 aliphatic rings. The predicted molar refractivity (Wildman–Crippen MR) is 80.1 cm³/mol. The minimum atomic E-state index is 0.158. The van der Waals surface area contributed by atoms with Crippen LogP contribution in [0.2, 0.25) is 0 Å². The average Bonchev–Trinajstić information content (AvgIpc) is 2.54. The summed E-state index contributed by atoms with van der Waals surface area (Å²) < 4.78 is 5.24. The lowest BCUT2D eigenvalue weighted by Crippen LogP contribution is -1.92. The van der Waals surface area contributed by atoms with Gasteiger partial charge in [-0.05, 0) is 29.8 Å². The second kappa shape index (κ2) is 5.14. The topological polar surface area (TPSA) is 66.1 Å². The molecule has 2 aromatic carbocycles. The van der Waals surface area contributed by atoms with Crippen molar-refractivity contribution in [1.82, 2.24) is 4.98 Å². The van der Waals surface area contributed by atoms with Gasteiger partial charge in [0.15, 0.2) is 0 Å². The van der Waals surface area contributed by atoms with E-state index >= 15 is 0 Å². The zero-order valence-electron chi connectivity index (χ0n) is 11.4. The number of nitrogens with zero attached hydrogens (tertiary/aromatic N) is 2. The molecular formula is C17H12N2O2. The molecule has 0 amide bonds. The summed E-state index contributed by atoms with van der Waals surface area (Å²) in [5, 5.41) is 20.6. The number of phenols is 1. The molecule has 21 heavy (non-hydrogen) atoms. The summed E-state index contributed by atoms with van der Waals surface area (Å²) in [6.07, 6.45) is 1.65. The lowest BCUT2D eigenvalue weighted by atomic mass is 9.98. The van der Waals surface area contributed by atoms with Gasteiger partial charge < -0.3 is 9.84 Å². The number of fused-ring (bicyclic) bond motifs is 1. The van der Waals surface area contributed by atoms with Crippen LogP contribution in [0.1, 0.15) is 5.56 Å². The second-order valence-electron chi connectivity index (χ2n) is 4.57. The number of nitriles is 1. The molecule has 3 rings (SSSR count). The molecule has 1 aromatic heterocycles. The molecule has 0 saturated heterocycles. The number of phenolic OH excluding ortho intramolecular Hbond substituents is 1. The summed E-state index contributed by atoms with van der Waals surface area (Å²) in [7, 11) is 1.54. The Bertz CT molecular complexity index is 866. The fourth-order valence-corrected chi connectivity index (χ4v) is 2.40. The highest BCUT2D eigenvalue weighted by Gasteiger charge is 2.13. The van der Waals surface area contributed by atoms with Crippen LogP contribution in [0.15, 0.2) is 48.7 Å². The van der Waals surface area contributed by atoms with Gasteiger partial charge in [0.25, 0.3) is 0 Å². The highest BCUT2D eigenvalue weighted by atomic mass is 16.5. The minimum absolute atomic E-state index is 0.158. The minimum Gasteiger partial charge on any atom is -0.507 e. The van der Waals surface area contributed by atoms with Crippen LogP contribution in [0.4, 0.5) is 0 Å². The number of methoxy groups -OCH3 is 1. The van der Waals surface area contributed by atoms with Crippen molar-refractivity contribution < 1.29 is 9.84 Å². The molecule has 1 N–H and O–H groups in total. The number of rotatable bonds is 2. The number of ether oxygens (including phenoxy) is 1. The van der Waals surface area contributed by atoms with Gasteiger partial charge in [-0.3, -0.25) is 0 Å². The van der Waals surface area contributed by atoms with Crippen molar-refractivity contribution in [1.29, 1.82) is 5.26 Å². The highest BCUT2D eigenvalue weighted by Crippen LogP contribution is 2.37. The molecule has 0 fully saturated rings. The SMILES string of the molecule is COc1ncc(-c2cccc(C#N)c2)c2c(O)cccc12. The monoisotopic (exact) mass is 276 g/mol. The van der Waals surface area contributed by atoms with E-state index in [1.165, 1.54) is 0 Å². The number of hydrogen-bond acceptors (Lipinski definition) is 4. The van der Waals surface area contributed by atoms with Gasteiger partial charge in [-0.15, -0.1) is 0 Å². The molecule has 4 nitrogen and oxygen atoms in total. The van der Waals surface area contributed by atoms with E-state index in [0.717, 1.165) is 16.5 Å². The Morgan fingerprint density at radius 3 is 2.76 bits per heavy atom. The number of pyridine rings is 1. The Morgan fingerprint density at radius 2 is 2.00 bits per heavy atom. The van der Waals surface area contributed by atoms with Gasteiger partial charge in [0.05, 0.1) is 18.7 Å². The molecule has 0 saturated carbocycles. The molecule has 0 radical (unpaired) electrons. The van der Waals surface area contributed by atoms with E-state index in [0.29, 0.717) is 16.8 Å². The first-order valence-electron chi connectivity index (χ1n) is 6.40. The lowest BCUT2D eigenvalue weighted by Gasteiger charge is -2.11. The molecule has 0 bridgehead atoms. The first-order chi connectivity index (χ1) is 10.2. The van der Waals surface area contributed by atoms with Crippen molar-refractivity contribution in [2.75, 3.05) is 7.11 Å². The average molecular weight is 276 g/mol. The molecular weight excluding hydrogens is 264 g/mol. The zero-order valence-corrected chi connectivity index (χ0v) is 11.4. The van der Waals surface area contributed by atoms with Crippen molar-refractivity contribution in [3.8, 4) is 28.8 Å². The van der Waals surface area contributed by atoms with Gasteiger partial charge in [0.2, 0.25) is 5.88 Å². The smallest absolute Gasteiger partial charge is 0.221 e. The van der Waals surface area contributed by atoms with E-state index in [4.69, 9.17) is 10.00 Å².